The third-order valence-electron chi connectivity index (χ3n) is 4.20. The van der Waals surface area contributed by atoms with Crippen LogP contribution >= 0.6 is 0 Å². The van der Waals surface area contributed by atoms with Crippen LogP contribution in [0.25, 0.3) is 0 Å². The van der Waals surface area contributed by atoms with E-state index in [2.05, 4.69) is 10.2 Å². The highest BCUT2D eigenvalue weighted by Gasteiger charge is 2.26. The lowest BCUT2D eigenvalue weighted by Crippen LogP contribution is -2.43. The first kappa shape index (κ1) is 17.6. The number of piperidine rings is 1. The number of amides is 1. The van der Waals surface area contributed by atoms with E-state index in [1.807, 2.05) is 18.2 Å². The van der Waals surface area contributed by atoms with Crippen molar-refractivity contribution in [1.82, 2.24) is 10.2 Å². The fraction of sp³-hybridized carbons (Fsp3) is 0.588. The molecule has 6 nitrogen and oxygen atoms in total. The number of ether oxygens (including phenoxy) is 2. The zero-order valence-electron chi connectivity index (χ0n) is 14.0. The van der Waals surface area contributed by atoms with Gasteiger partial charge in [-0.3, -0.25) is 9.69 Å². The van der Waals surface area contributed by atoms with Crippen molar-refractivity contribution < 1.29 is 14.3 Å². The van der Waals surface area contributed by atoms with Crippen molar-refractivity contribution >= 4 is 5.91 Å². The summed E-state index contributed by atoms with van der Waals surface area (Å²) in [7, 11) is 3.29. The predicted molar refractivity (Wildman–Crippen MR) is 89.6 cm³/mol. The van der Waals surface area contributed by atoms with E-state index in [-0.39, 0.29) is 11.8 Å². The SMILES string of the molecule is COc1cccc(CN2CCCC(C(=O)NCCN)C2)c1OC. The van der Waals surface area contributed by atoms with Crippen LogP contribution in [0.4, 0.5) is 0 Å². The van der Waals surface area contributed by atoms with Crippen LogP contribution in [-0.4, -0.2) is 51.2 Å². The Bertz CT molecular complexity index is 522. The fourth-order valence-electron chi connectivity index (χ4n) is 3.07. The van der Waals surface area contributed by atoms with Gasteiger partial charge in [0, 0.05) is 31.7 Å². The van der Waals surface area contributed by atoms with Crippen LogP contribution in [0.1, 0.15) is 18.4 Å². The van der Waals surface area contributed by atoms with Gasteiger partial charge in [0.2, 0.25) is 5.91 Å². The molecule has 2 rings (SSSR count). The van der Waals surface area contributed by atoms with Gasteiger partial charge in [-0.25, -0.2) is 0 Å². The number of hydrogen-bond donors (Lipinski definition) is 2. The van der Waals surface area contributed by atoms with Gasteiger partial charge in [-0.05, 0) is 25.5 Å². The molecule has 1 unspecified atom stereocenters. The average molecular weight is 321 g/mol. The smallest absolute Gasteiger partial charge is 0.224 e. The highest BCUT2D eigenvalue weighted by molar-refractivity contribution is 5.78. The van der Waals surface area contributed by atoms with Gasteiger partial charge in [0.15, 0.2) is 11.5 Å². The molecule has 0 aromatic heterocycles. The molecular weight excluding hydrogens is 294 g/mol. The summed E-state index contributed by atoms with van der Waals surface area (Å²) in [6.07, 6.45) is 1.95. The number of carbonyl (C=O) groups excluding carboxylic acids is 1. The van der Waals surface area contributed by atoms with Crippen molar-refractivity contribution in [3.8, 4) is 11.5 Å². The lowest BCUT2D eigenvalue weighted by molar-refractivity contribution is -0.126. The second-order valence-electron chi connectivity index (χ2n) is 5.81. The zero-order chi connectivity index (χ0) is 16.7. The molecule has 1 saturated heterocycles. The first-order valence-electron chi connectivity index (χ1n) is 8.09. The fourth-order valence-corrected chi connectivity index (χ4v) is 3.07. The Kier molecular flexibility index (Phi) is 6.67. The molecule has 0 aliphatic carbocycles. The summed E-state index contributed by atoms with van der Waals surface area (Å²) in [5, 5.41) is 2.89. The molecule has 23 heavy (non-hydrogen) atoms. The number of likely N-dealkylation sites (tertiary alicyclic amines) is 1. The summed E-state index contributed by atoms with van der Waals surface area (Å²) in [6.45, 7) is 3.51. The van der Waals surface area contributed by atoms with E-state index in [9.17, 15) is 4.79 Å². The quantitative estimate of drug-likeness (QED) is 0.783. The van der Waals surface area contributed by atoms with E-state index < -0.39 is 0 Å². The highest BCUT2D eigenvalue weighted by atomic mass is 16.5. The van der Waals surface area contributed by atoms with Crippen molar-refractivity contribution in [2.75, 3.05) is 40.4 Å². The molecule has 1 aliphatic heterocycles. The van der Waals surface area contributed by atoms with Crippen LogP contribution in [0.5, 0.6) is 11.5 Å². The van der Waals surface area contributed by atoms with Gasteiger partial charge in [0.1, 0.15) is 0 Å². The maximum absolute atomic E-state index is 12.1. The molecule has 1 atom stereocenters. The standard InChI is InChI=1S/C17H27N3O3/c1-22-15-7-3-5-13(16(15)23-2)11-20-10-4-6-14(12-20)17(21)19-9-8-18/h3,5,7,14H,4,6,8-12,18H2,1-2H3,(H,19,21). The van der Waals surface area contributed by atoms with E-state index in [1.165, 1.54) is 0 Å². The maximum atomic E-state index is 12.1. The van der Waals surface area contributed by atoms with Gasteiger partial charge in [0.05, 0.1) is 20.1 Å². The third-order valence-corrected chi connectivity index (χ3v) is 4.20. The van der Waals surface area contributed by atoms with Gasteiger partial charge in [-0.1, -0.05) is 12.1 Å². The number of methoxy groups -OCH3 is 2. The first-order chi connectivity index (χ1) is 11.2. The molecule has 1 fully saturated rings. The van der Waals surface area contributed by atoms with Gasteiger partial charge >= 0.3 is 0 Å². The van der Waals surface area contributed by atoms with E-state index in [0.717, 1.165) is 49.5 Å². The number of benzene rings is 1. The van der Waals surface area contributed by atoms with Crippen molar-refractivity contribution in [2.24, 2.45) is 11.7 Å². The lowest BCUT2D eigenvalue weighted by atomic mass is 9.96. The summed E-state index contributed by atoms with van der Waals surface area (Å²) in [4.78, 5) is 14.4. The van der Waals surface area contributed by atoms with Crippen LogP contribution in [-0.2, 0) is 11.3 Å². The van der Waals surface area contributed by atoms with Crippen molar-refractivity contribution in [3.05, 3.63) is 23.8 Å². The Balaban J connectivity index is 2.01. The van der Waals surface area contributed by atoms with E-state index in [0.29, 0.717) is 13.1 Å². The third kappa shape index (κ3) is 4.59. The van der Waals surface area contributed by atoms with Crippen molar-refractivity contribution in [2.45, 2.75) is 19.4 Å². The van der Waals surface area contributed by atoms with Crippen LogP contribution in [0.2, 0.25) is 0 Å². The Hall–Kier alpha value is -1.79. The maximum Gasteiger partial charge on any atom is 0.224 e. The molecule has 1 heterocycles. The van der Waals surface area contributed by atoms with Crippen LogP contribution in [0.15, 0.2) is 18.2 Å². The minimum absolute atomic E-state index is 0.0342. The summed E-state index contributed by atoms with van der Waals surface area (Å²) in [6, 6.07) is 5.90. The first-order valence-corrected chi connectivity index (χ1v) is 8.09. The van der Waals surface area contributed by atoms with Gasteiger partial charge in [0.25, 0.3) is 0 Å². The van der Waals surface area contributed by atoms with Crippen LogP contribution in [0, 0.1) is 5.92 Å². The lowest BCUT2D eigenvalue weighted by Gasteiger charge is -2.32. The largest absolute Gasteiger partial charge is 0.493 e. The van der Waals surface area contributed by atoms with Gasteiger partial charge < -0.3 is 20.5 Å². The zero-order valence-corrected chi connectivity index (χ0v) is 14.0. The van der Waals surface area contributed by atoms with E-state index in [1.54, 1.807) is 14.2 Å². The minimum Gasteiger partial charge on any atom is -0.493 e. The number of nitrogens with one attached hydrogen (secondary N) is 1. The molecular formula is C17H27N3O3. The minimum atomic E-state index is 0.0342. The monoisotopic (exact) mass is 321 g/mol. The molecule has 1 amide bonds. The normalized spacial score (nSPS) is 18.5. The van der Waals surface area contributed by atoms with Crippen molar-refractivity contribution in [1.29, 1.82) is 0 Å². The molecule has 0 saturated carbocycles. The molecule has 128 valence electrons. The average Bonchev–Trinajstić information content (AvgIpc) is 2.59. The molecule has 6 heteroatoms. The predicted octanol–water partition coefficient (Wildman–Crippen LogP) is 0.991. The number of hydrogen-bond acceptors (Lipinski definition) is 5. The molecule has 3 N–H and O–H groups in total. The number of nitrogens with two attached hydrogens (primary N) is 1. The molecule has 0 bridgehead atoms. The van der Waals surface area contributed by atoms with E-state index in [4.69, 9.17) is 15.2 Å². The van der Waals surface area contributed by atoms with Crippen LogP contribution < -0.4 is 20.5 Å². The van der Waals surface area contributed by atoms with Crippen LogP contribution in [0.3, 0.4) is 0 Å². The molecule has 0 spiro atoms. The second-order valence-corrected chi connectivity index (χ2v) is 5.81. The Morgan fingerprint density at radius 2 is 2.22 bits per heavy atom. The molecule has 1 aromatic carbocycles. The summed E-state index contributed by atoms with van der Waals surface area (Å²) in [5.74, 6) is 1.65. The second kappa shape index (κ2) is 8.74. The Morgan fingerprint density at radius 1 is 1.39 bits per heavy atom. The highest BCUT2D eigenvalue weighted by Crippen LogP contribution is 2.32. The molecule has 0 radical (unpaired) electrons. The number of rotatable bonds is 7. The van der Waals surface area contributed by atoms with Gasteiger partial charge in [-0.2, -0.15) is 0 Å². The summed E-state index contributed by atoms with van der Waals surface area (Å²) < 4.78 is 10.8. The van der Waals surface area contributed by atoms with Gasteiger partial charge in [-0.15, -0.1) is 0 Å². The molecule has 1 aliphatic rings. The van der Waals surface area contributed by atoms with Crippen molar-refractivity contribution in [3.63, 3.8) is 0 Å². The number of carbonyl (C=O) groups is 1. The Morgan fingerprint density at radius 3 is 2.91 bits per heavy atom. The molecule has 1 aromatic rings. The Labute approximate surface area is 137 Å². The topological polar surface area (TPSA) is 76.8 Å². The summed E-state index contributed by atoms with van der Waals surface area (Å²) >= 11 is 0. The van der Waals surface area contributed by atoms with E-state index >= 15 is 0 Å². The number of nitrogens with zero attached hydrogens (tertiary/aromatic N) is 1. The summed E-state index contributed by atoms with van der Waals surface area (Å²) in [5.41, 5.74) is 6.52. The number of para-hydroxylation sites is 1.